The minimum atomic E-state index is -2.69. The maximum atomic E-state index is 15.3. The van der Waals surface area contributed by atoms with Gasteiger partial charge in [-0.15, -0.1) is 0 Å². The van der Waals surface area contributed by atoms with Gasteiger partial charge in [0.1, 0.15) is 31.6 Å². The molecular weight excluding hydrogens is 1200 g/mol. The van der Waals surface area contributed by atoms with E-state index >= 15 is 9.59 Å². The molecular formula is C72H90N6O14Si. The number of amides is 6. The number of benzene rings is 4. The molecule has 5 aliphatic heterocycles. The summed E-state index contributed by atoms with van der Waals surface area (Å²) in [7, 11) is -1.20. The fourth-order valence-electron chi connectivity index (χ4n) is 12.9. The van der Waals surface area contributed by atoms with Crippen LogP contribution in [-0.2, 0) is 41.3 Å². The Morgan fingerprint density at radius 3 is 2.12 bits per heavy atom. The van der Waals surface area contributed by atoms with E-state index in [1.165, 1.54) is 34.0 Å². The molecule has 0 aromatic heterocycles. The summed E-state index contributed by atoms with van der Waals surface area (Å²) >= 11 is 0. The van der Waals surface area contributed by atoms with Crippen molar-refractivity contribution in [1.82, 2.24) is 20.0 Å². The Balaban J connectivity index is 0.863. The molecule has 0 radical (unpaired) electrons. The predicted octanol–water partition coefficient (Wildman–Crippen LogP) is 12.5. The summed E-state index contributed by atoms with van der Waals surface area (Å²) in [5.41, 5.74) is 6.28. The van der Waals surface area contributed by atoms with Crippen LogP contribution in [0.2, 0.25) is 18.1 Å². The van der Waals surface area contributed by atoms with E-state index in [4.69, 9.17) is 32.8 Å². The molecule has 20 nitrogen and oxygen atoms in total. The van der Waals surface area contributed by atoms with E-state index in [0.29, 0.717) is 102 Å². The predicted molar refractivity (Wildman–Crippen MR) is 356 cm³/mol. The van der Waals surface area contributed by atoms with Gasteiger partial charge in [-0.1, -0.05) is 120 Å². The Bertz CT molecular complexity index is 3560. The molecule has 0 bridgehead atoms. The van der Waals surface area contributed by atoms with Crippen molar-refractivity contribution in [3.05, 3.63) is 143 Å². The SMILES string of the molecule is C=CCOC(=O)N1C[C@@H]2CC(c3ccc(C)cc3)=CN2C(=O)c2cc(OC)c(OCCCOc3cc4c(cc3C)C(=O)N3CC5(CC5)C[C@H]3C(O[Si](C)(C)C(C)(C)C)N4C(=O)OCc3ccc(CC(=O)[C@@H](NC(=O)[C@H]4CCCN4C(=O)OCC=C)[C@@H](C)CC)cc3)cc21. The van der Waals surface area contributed by atoms with E-state index in [1.54, 1.807) is 41.3 Å². The van der Waals surface area contributed by atoms with Crippen LogP contribution in [0, 0.1) is 25.2 Å². The minimum absolute atomic E-state index is 0.0255. The highest BCUT2D eigenvalue weighted by Crippen LogP contribution is 2.58. The number of anilines is 2. The summed E-state index contributed by atoms with van der Waals surface area (Å²) in [5, 5.41) is 2.70. The number of hydrogen-bond donors (Lipinski definition) is 1. The molecule has 10 rings (SSSR count). The number of nitrogens with one attached hydrogen (secondary N) is 1. The van der Waals surface area contributed by atoms with Crippen LogP contribution < -0.4 is 29.3 Å². The highest BCUT2D eigenvalue weighted by atomic mass is 28.4. The summed E-state index contributed by atoms with van der Waals surface area (Å²) in [5.74, 6) is -0.213. The van der Waals surface area contributed by atoms with Crippen molar-refractivity contribution in [3.63, 3.8) is 0 Å². The fourth-order valence-corrected chi connectivity index (χ4v) is 14.1. The number of nitrogens with zero attached hydrogens (tertiary/aromatic N) is 5. The molecule has 3 fully saturated rings. The molecule has 6 amide bonds. The number of carbonyl (C=O) groups is 7. The molecule has 5 heterocycles. The van der Waals surface area contributed by atoms with Crippen molar-refractivity contribution in [2.24, 2.45) is 11.3 Å². The molecule has 4 aromatic carbocycles. The van der Waals surface area contributed by atoms with Gasteiger partial charge in [-0.25, -0.2) is 19.3 Å². The first-order valence-corrected chi connectivity index (χ1v) is 35.5. The molecule has 1 spiro atoms. The normalized spacial score (nSPS) is 20.2. The lowest BCUT2D eigenvalue weighted by molar-refractivity contribution is -0.131. The van der Waals surface area contributed by atoms with Gasteiger partial charge >= 0.3 is 18.3 Å². The fraction of sp³-hybridized carbons (Fsp3) is 0.486. The molecule has 496 valence electrons. The number of methoxy groups -OCH3 is 1. The van der Waals surface area contributed by atoms with Crippen LogP contribution in [0.25, 0.3) is 5.57 Å². The van der Waals surface area contributed by atoms with Gasteiger partial charge in [-0.2, -0.15) is 0 Å². The molecule has 93 heavy (non-hydrogen) atoms. The Labute approximate surface area is 547 Å². The van der Waals surface area contributed by atoms with Gasteiger partial charge in [-0.05, 0) is 122 Å². The lowest BCUT2D eigenvalue weighted by Gasteiger charge is -2.44. The lowest BCUT2D eigenvalue weighted by Crippen LogP contribution is -2.58. The molecule has 1 N–H and O–H groups in total. The van der Waals surface area contributed by atoms with Gasteiger partial charge in [0, 0.05) is 44.3 Å². The molecule has 1 saturated carbocycles. The average molecular weight is 1290 g/mol. The number of ether oxygens (including phenoxy) is 6. The average Bonchev–Trinajstić information content (AvgIpc) is 1.54. The van der Waals surface area contributed by atoms with Gasteiger partial charge in [0.15, 0.2) is 31.8 Å². The number of carbonyl (C=O) groups excluding carboxylic acids is 7. The lowest BCUT2D eigenvalue weighted by atomic mass is 9.91. The molecule has 1 aliphatic carbocycles. The number of fused-ring (bicyclic) bond motifs is 4. The summed E-state index contributed by atoms with van der Waals surface area (Å²) in [6.45, 7) is 27.0. The number of rotatable bonds is 23. The standard InChI is InChI=1S/C72H90N6O14Si/c1-13-30-89-68(83)74-29-16-18-55(74)64(80)73-63(46(5)15-3)59(79)35-48-21-23-49(24-22-48)43-91-70(85)78-57-39-60(47(6)34-53(57)66(82)77-44-72(27-28-72)40-58(77)67(78)92-93(11,12)71(7,8)9)87-32-17-33-88-62-38-56-54(37-61(62)86-10)65(81)75-41-51(50-25-19-45(4)20-26-50)36-52(75)42-76(56)69(84)90-31-14-2/h13-14,19-26,34,37-39,41,46,52,55,58,63,67H,1-2,15-18,27-33,35-36,40,42-44H2,3-12H3,(H,73,80)/t46-,52-,55+,58-,63-,67?/m0/s1. The maximum Gasteiger partial charge on any atom is 0.416 e. The van der Waals surface area contributed by atoms with E-state index in [2.05, 4.69) is 52.3 Å². The first kappa shape index (κ1) is 67.5. The largest absolute Gasteiger partial charge is 0.493 e. The van der Waals surface area contributed by atoms with Crippen LogP contribution in [0.4, 0.5) is 25.8 Å². The first-order valence-electron chi connectivity index (χ1n) is 32.6. The van der Waals surface area contributed by atoms with Crippen molar-refractivity contribution in [2.75, 3.05) is 63.0 Å². The van der Waals surface area contributed by atoms with Crippen LogP contribution >= 0.6 is 0 Å². The van der Waals surface area contributed by atoms with E-state index in [0.717, 1.165) is 29.5 Å². The number of aryl methyl sites for hydroxylation is 2. The van der Waals surface area contributed by atoms with Gasteiger partial charge in [0.05, 0.1) is 67.5 Å². The van der Waals surface area contributed by atoms with Crippen molar-refractivity contribution < 1.29 is 66.4 Å². The third-order valence-corrected chi connectivity index (χ3v) is 24.1. The van der Waals surface area contributed by atoms with Crippen LogP contribution in [0.15, 0.2) is 104 Å². The molecule has 6 atom stereocenters. The maximum absolute atomic E-state index is 15.3. The van der Waals surface area contributed by atoms with Crippen molar-refractivity contribution in [2.45, 2.75) is 161 Å². The highest BCUT2D eigenvalue weighted by Gasteiger charge is 2.60. The van der Waals surface area contributed by atoms with Crippen molar-refractivity contribution in [3.8, 4) is 17.2 Å². The first-order chi connectivity index (χ1) is 44.4. The number of hydrogen-bond acceptors (Lipinski definition) is 14. The Kier molecular flexibility index (Phi) is 20.3. The van der Waals surface area contributed by atoms with Crippen molar-refractivity contribution in [1.29, 1.82) is 0 Å². The van der Waals surface area contributed by atoms with Gasteiger partial charge in [0.2, 0.25) is 5.91 Å². The van der Waals surface area contributed by atoms with Crippen LogP contribution in [0.1, 0.15) is 135 Å². The summed E-state index contributed by atoms with van der Waals surface area (Å²) in [4.78, 5) is 107. The molecule has 2 saturated heterocycles. The van der Waals surface area contributed by atoms with Gasteiger partial charge in [0.25, 0.3) is 11.8 Å². The van der Waals surface area contributed by atoms with E-state index in [1.807, 2.05) is 75.2 Å². The van der Waals surface area contributed by atoms with Gasteiger partial charge in [-0.3, -0.25) is 29.0 Å². The van der Waals surface area contributed by atoms with Crippen LogP contribution in [-0.4, -0.2) is 148 Å². The van der Waals surface area contributed by atoms with Gasteiger partial charge < -0.3 is 48.0 Å². The third kappa shape index (κ3) is 14.5. The molecule has 6 aliphatic rings. The zero-order chi connectivity index (χ0) is 66.7. The summed E-state index contributed by atoms with van der Waals surface area (Å²) in [6.07, 6.45) is 7.24. The summed E-state index contributed by atoms with van der Waals surface area (Å²) in [6, 6.07) is 19.7. The molecule has 21 heteroatoms. The van der Waals surface area contributed by atoms with E-state index in [9.17, 15) is 24.0 Å². The highest BCUT2D eigenvalue weighted by molar-refractivity contribution is 6.74. The molecule has 1 unspecified atom stereocenters. The zero-order valence-electron chi connectivity index (χ0n) is 55.5. The number of ketones is 1. The Morgan fingerprint density at radius 1 is 0.806 bits per heavy atom. The summed E-state index contributed by atoms with van der Waals surface area (Å²) < 4.78 is 43.2. The Morgan fingerprint density at radius 2 is 1.46 bits per heavy atom. The number of likely N-dealkylation sites (tertiary alicyclic amines) is 1. The van der Waals surface area contributed by atoms with E-state index < -0.39 is 56.9 Å². The van der Waals surface area contributed by atoms with Crippen LogP contribution in [0.3, 0.4) is 0 Å². The monoisotopic (exact) mass is 1290 g/mol. The van der Waals surface area contributed by atoms with E-state index in [-0.39, 0.29) is 91.6 Å². The third-order valence-electron chi connectivity index (χ3n) is 19.6. The topological polar surface area (TPSA) is 212 Å². The van der Waals surface area contributed by atoms with Crippen molar-refractivity contribution >= 4 is 67.0 Å². The second kappa shape index (κ2) is 28.0. The number of Topliss-reactive ketones (excluding diaryl/α,β-unsaturated/α-hetero) is 1. The second-order valence-electron chi connectivity index (χ2n) is 27.2. The smallest absolute Gasteiger partial charge is 0.416 e. The second-order valence-corrected chi connectivity index (χ2v) is 32.0. The Hall–Kier alpha value is -8.43. The molecule has 4 aromatic rings. The zero-order valence-corrected chi connectivity index (χ0v) is 56.5. The van der Waals surface area contributed by atoms with Crippen LogP contribution in [0.5, 0.6) is 17.2 Å². The quantitative estimate of drug-likeness (QED) is 0.0317. The minimum Gasteiger partial charge on any atom is -0.493 e.